The van der Waals surface area contributed by atoms with Crippen molar-refractivity contribution in [3.05, 3.63) is 35.9 Å². The largest absolute Gasteiger partial charge is 0.466 e. The number of benzene rings is 1. The minimum absolute atomic E-state index is 0.454. The molecular weight excluding hydrogens is 448 g/mol. The van der Waals surface area contributed by atoms with Crippen molar-refractivity contribution in [2.45, 2.75) is 148 Å². The Kier molecular flexibility index (Phi) is 21.1. The third-order valence-electron chi connectivity index (χ3n) is 7.04. The van der Waals surface area contributed by atoms with E-state index in [4.69, 9.17) is 9.47 Å². The van der Waals surface area contributed by atoms with Crippen LogP contribution >= 0.6 is 0 Å². The maximum absolute atomic E-state index is 12.3. The maximum Gasteiger partial charge on any atom is 0.347 e. The highest BCUT2D eigenvalue weighted by atomic mass is 16.6. The Hall–Kier alpha value is -1.84. The van der Waals surface area contributed by atoms with Crippen LogP contribution in [0.15, 0.2) is 30.3 Å². The second-order valence-electron chi connectivity index (χ2n) is 10.3. The predicted molar refractivity (Wildman–Crippen MR) is 150 cm³/mol. The van der Waals surface area contributed by atoms with Crippen molar-refractivity contribution in [2.75, 3.05) is 7.11 Å². The van der Waals surface area contributed by atoms with Gasteiger partial charge in [-0.05, 0) is 25.0 Å². The summed E-state index contributed by atoms with van der Waals surface area (Å²) in [6.45, 7) is 2.28. The van der Waals surface area contributed by atoms with Gasteiger partial charge in [0.05, 0.1) is 12.7 Å². The van der Waals surface area contributed by atoms with Crippen LogP contribution in [0.2, 0.25) is 0 Å². The van der Waals surface area contributed by atoms with Crippen LogP contribution in [0.25, 0.3) is 0 Å². The molecule has 0 aromatic heterocycles. The fourth-order valence-corrected chi connectivity index (χ4v) is 4.71. The van der Waals surface area contributed by atoms with E-state index in [1.807, 2.05) is 6.07 Å². The zero-order valence-corrected chi connectivity index (χ0v) is 23.4. The molecule has 0 aliphatic rings. The van der Waals surface area contributed by atoms with Gasteiger partial charge in [-0.25, -0.2) is 9.59 Å². The quantitative estimate of drug-likeness (QED) is 0.104. The third kappa shape index (κ3) is 17.6. The second-order valence-corrected chi connectivity index (χ2v) is 10.3. The summed E-state index contributed by atoms with van der Waals surface area (Å²) >= 11 is 0. The van der Waals surface area contributed by atoms with Gasteiger partial charge in [0, 0.05) is 0 Å². The van der Waals surface area contributed by atoms with Gasteiger partial charge in [0.15, 0.2) is 6.10 Å². The van der Waals surface area contributed by atoms with Crippen LogP contribution in [-0.2, 0) is 14.3 Å². The number of rotatable bonds is 24. The van der Waals surface area contributed by atoms with E-state index >= 15 is 0 Å². The molecule has 0 N–H and O–H groups in total. The lowest BCUT2D eigenvalue weighted by molar-refractivity contribution is -0.151. The van der Waals surface area contributed by atoms with Gasteiger partial charge < -0.3 is 9.47 Å². The first-order valence-electron chi connectivity index (χ1n) is 15.0. The molecule has 36 heavy (non-hydrogen) atoms. The lowest BCUT2D eigenvalue weighted by Gasteiger charge is -2.15. The molecule has 206 valence electrons. The smallest absolute Gasteiger partial charge is 0.347 e. The molecule has 0 heterocycles. The molecule has 0 fully saturated rings. The third-order valence-corrected chi connectivity index (χ3v) is 7.04. The van der Waals surface area contributed by atoms with Gasteiger partial charge in [-0.3, -0.25) is 0 Å². The molecule has 1 atom stereocenters. The molecule has 1 rings (SSSR count). The summed E-state index contributed by atoms with van der Waals surface area (Å²) in [6.07, 6.45) is 26.4. The Balaban J connectivity index is 1.91. The zero-order valence-electron chi connectivity index (χ0n) is 23.4. The zero-order chi connectivity index (χ0) is 26.1. The summed E-state index contributed by atoms with van der Waals surface area (Å²) < 4.78 is 10.2. The van der Waals surface area contributed by atoms with Gasteiger partial charge in [-0.15, -0.1) is 0 Å². The Morgan fingerprint density at radius 1 is 0.611 bits per heavy atom. The van der Waals surface area contributed by atoms with Crippen molar-refractivity contribution < 1.29 is 19.1 Å². The van der Waals surface area contributed by atoms with Crippen LogP contribution < -0.4 is 0 Å². The van der Waals surface area contributed by atoms with Crippen molar-refractivity contribution in [1.29, 1.82) is 0 Å². The number of ether oxygens (including phenoxy) is 2. The van der Waals surface area contributed by atoms with Crippen molar-refractivity contribution in [1.82, 2.24) is 0 Å². The van der Waals surface area contributed by atoms with Crippen LogP contribution in [-0.4, -0.2) is 25.2 Å². The van der Waals surface area contributed by atoms with Crippen LogP contribution in [0.5, 0.6) is 0 Å². The van der Waals surface area contributed by atoms with Crippen molar-refractivity contribution >= 4 is 11.9 Å². The first kappa shape index (κ1) is 32.2. The van der Waals surface area contributed by atoms with Gasteiger partial charge >= 0.3 is 11.9 Å². The monoisotopic (exact) mass is 502 g/mol. The maximum atomic E-state index is 12.3. The standard InChI is InChI=1S/C32H54O4/c1-3-4-5-6-7-8-9-10-11-12-13-14-15-16-17-18-19-20-21-25-28-30(32(34)35-2)36-31(33)29-26-23-22-24-27-29/h22-24,26-27,30H,3-21,25,28H2,1-2H3/t30-/m1/s1. The van der Waals surface area contributed by atoms with Crippen molar-refractivity contribution in [3.63, 3.8) is 0 Å². The number of carbonyl (C=O) groups is 2. The average molecular weight is 503 g/mol. The molecule has 0 amide bonds. The molecule has 0 saturated heterocycles. The molecule has 0 radical (unpaired) electrons. The summed E-state index contributed by atoms with van der Waals surface area (Å²) in [5.74, 6) is -0.948. The summed E-state index contributed by atoms with van der Waals surface area (Å²) in [6, 6.07) is 8.78. The highest BCUT2D eigenvalue weighted by Gasteiger charge is 2.23. The topological polar surface area (TPSA) is 52.6 Å². The molecule has 0 unspecified atom stereocenters. The van der Waals surface area contributed by atoms with E-state index in [1.165, 1.54) is 123 Å². The molecule has 4 heteroatoms. The van der Waals surface area contributed by atoms with Crippen LogP contribution in [0.4, 0.5) is 0 Å². The minimum atomic E-state index is -0.821. The lowest BCUT2D eigenvalue weighted by Crippen LogP contribution is -2.28. The Labute approximate surface area is 221 Å². The fraction of sp³-hybridized carbons (Fsp3) is 0.750. The second kappa shape index (κ2) is 23.6. The lowest BCUT2D eigenvalue weighted by atomic mass is 10.0. The number of methoxy groups -OCH3 is 1. The number of hydrogen-bond donors (Lipinski definition) is 0. The predicted octanol–water partition coefficient (Wildman–Crippen LogP) is 9.60. The molecule has 4 nitrogen and oxygen atoms in total. The molecule has 1 aromatic carbocycles. The first-order valence-corrected chi connectivity index (χ1v) is 15.0. The molecule has 0 spiro atoms. The van der Waals surface area contributed by atoms with E-state index in [9.17, 15) is 9.59 Å². The fourth-order valence-electron chi connectivity index (χ4n) is 4.71. The van der Waals surface area contributed by atoms with E-state index in [2.05, 4.69) is 6.92 Å². The van der Waals surface area contributed by atoms with Crippen molar-refractivity contribution in [2.24, 2.45) is 0 Å². The normalized spacial score (nSPS) is 11.8. The molecule has 0 aliphatic carbocycles. The molecule has 1 aromatic rings. The number of carbonyl (C=O) groups excluding carboxylic acids is 2. The Morgan fingerprint density at radius 2 is 1.00 bits per heavy atom. The summed E-state index contributed by atoms with van der Waals surface area (Å²) in [4.78, 5) is 24.3. The molecular formula is C32H54O4. The molecule has 0 bridgehead atoms. The van der Waals surface area contributed by atoms with Gasteiger partial charge in [0.2, 0.25) is 0 Å². The van der Waals surface area contributed by atoms with E-state index in [0.29, 0.717) is 12.0 Å². The van der Waals surface area contributed by atoms with Crippen molar-refractivity contribution in [3.8, 4) is 0 Å². The number of unbranched alkanes of at least 4 members (excludes halogenated alkanes) is 19. The minimum Gasteiger partial charge on any atom is -0.466 e. The molecule has 0 aliphatic heterocycles. The van der Waals surface area contributed by atoms with E-state index in [-0.39, 0.29) is 0 Å². The van der Waals surface area contributed by atoms with Gasteiger partial charge in [0.1, 0.15) is 0 Å². The number of esters is 2. The summed E-state index contributed by atoms with van der Waals surface area (Å²) in [7, 11) is 1.34. The van der Waals surface area contributed by atoms with Crippen LogP contribution in [0.1, 0.15) is 152 Å². The van der Waals surface area contributed by atoms with E-state index in [1.54, 1.807) is 24.3 Å². The van der Waals surface area contributed by atoms with E-state index in [0.717, 1.165) is 12.8 Å². The molecule has 0 saturated carbocycles. The summed E-state index contributed by atoms with van der Waals surface area (Å²) in [5, 5.41) is 0. The average Bonchev–Trinajstić information content (AvgIpc) is 2.91. The van der Waals surface area contributed by atoms with Gasteiger partial charge in [0.25, 0.3) is 0 Å². The Morgan fingerprint density at radius 3 is 1.39 bits per heavy atom. The van der Waals surface area contributed by atoms with Gasteiger partial charge in [-0.2, -0.15) is 0 Å². The van der Waals surface area contributed by atoms with Crippen LogP contribution in [0, 0.1) is 0 Å². The van der Waals surface area contributed by atoms with Crippen LogP contribution in [0.3, 0.4) is 0 Å². The highest BCUT2D eigenvalue weighted by Crippen LogP contribution is 2.16. The van der Waals surface area contributed by atoms with E-state index < -0.39 is 18.0 Å². The van der Waals surface area contributed by atoms with Gasteiger partial charge in [-0.1, -0.05) is 147 Å². The number of hydrogen-bond acceptors (Lipinski definition) is 4. The first-order chi connectivity index (χ1) is 17.7. The SMILES string of the molecule is CCCCCCCCCCCCCCCCCCCCCC[C@@H](OC(=O)c1ccccc1)C(=O)OC. The summed E-state index contributed by atoms with van der Waals surface area (Å²) in [5.41, 5.74) is 0.454. The Bertz CT molecular complexity index is 643. The highest BCUT2D eigenvalue weighted by molar-refractivity contribution is 5.91.